The first-order valence-electron chi connectivity index (χ1n) is 15.1. The van der Waals surface area contributed by atoms with Crippen molar-refractivity contribution in [1.29, 1.82) is 0 Å². The highest BCUT2D eigenvalue weighted by atomic mass is 35.5. The van der Waals surface area contributed by atoms with Crippen LogP contribution in [-0.4, -0.2) is 74.2 Å². The second kappa shape index (κ2) is 13.1. The Bertz CT molecular complexity index is 1160. The Morgan fingerprint density at radius 3 is 2.41 bits per heavy atom. The zero-order valence-corrected chi connectivity index (χ0v) is 25.0. The Balaban J connectivity index is 0.00000337. The van der Waals surface area contributed by atoms with Crippen LogP contribution in [0.2, 0.25) is 0 Å². The lowest BCUT2D eigenvalue weighted by molar-refractivity contribution is -0.139. The fourth-order valence-electron chi connectivity index (χ4n) is 7.70. The highest BCUT2D eigenvalue weighted by Crippen LogP contribution is 2.47. The number of carbonyl (C=O) groups is 2. The van der Waals surface area contributed by atoms with Crippen LogP contribution >= 0.6 is 12.4 Å². The fraction of sp³-hybridized carbons (Fsp3) is 0.576. The van der Waals surface area contributed by atoms with E-state index in [0.717, 1.165) is 76.0 Å². The number of nitrogens with one attached hydrogen (secondary N) is 1. The van der Waals surface area contributed by atoms with E-state index < -0.39 is 0 Å². The summed E-state index contributed by atoms with van der Waals surface area (Å²) in [6, 6.07) is 19.0. The minimum Gasteiger partial charge on any atom is -0.497 e. The van der Waals surface area contributed by atoms with Crippen molar-refractivity contribution in [3.8, 4) is 5.75 Å². The predicted molar refractivity (Wildman–Crippen MR) is 161 cm³/mol. The average molecular weight is 582 g/mol. The summed E-state index contributed by atoms with van der Waals surface area (Å²) in [4.78, 5) is 32.0. The molecule has 0 saturated carbocycles. The molecule has 0 aromatic heterocycles. The smallest absolute Gasteiger partial charge is 0.229 e. The van der Waals surface area contributed by atoms with Gasteiger partial charge in [0, 0.05) is 50.7 Å². The number of benzene rings is 2. The number of piperidine rings is 1. The molecular formula is C33H44ClN3O4. The first-order valence-corrected chi connectivity index (χ1v) is 15.1. The predicted octanol–water partition coefficient (Wildman–Crippen LogP) is 4.65. The van der Waals surface area contributed by atoms with Crippen LogP contribution in [0.25, 0.3) is 0 Å². The molecule has 1 N–H and O–H groups in total. The first-order chi connectivity index (χ1) is 19.6. The number of methoxy groups -OCH3 is 1. The van der Waals surface area contributed by atoms with Crippen molar-refractivity contribution in [2.45, 2.75) is 57.0 Å². The molecule has 1 spiro atoms. The van der Waals surface area contributed by atoms with Crippen LogP contribution in [0.4, 0.5) is 0 Å². The van der Waals surface area contributed by atoms with Gasteiger partial charge in [-0.25, -0.2) is 0 Å². The highest BCUT2D eigenvalue weighted by molar-refractivity contribution is 5.86. The Hall–Kier alpha value is -2.61. The molecule has 8 heteroatoms. The van der Waals surface area contributed by atoms with E-state index in [4.69, 9.17) is 9.47 Å². The Kier molecular flexibility index (Phi) is 9.57. The molecule has 3 atom stereocenters. The molecule has 4 fully saturated rings. The molecule has 7 nitrogen and oxygen atoms in total. The monoisotopic (exact) mass is 581 g/mol. The number of ether oxygens (including phenoxy) is 2. The van der Waals surface area contributed by atoms with Crippen LogP contribution in [0.5, 0.6) is 5.75 Å². The minimum atomic E-state index is -0.263. The molecule has 4 saturated heterocycles. The van der Waals surface area contributed by atoms with Gasteiger partial charge in [0.25, 0.3) is 0 Å². The van der Waals surface area contributed by atoms with Crippen molar-refractivity contribution < 1.29 is 19.1 Å². The number of carbonyl (C=O) groups excluding carboxylic acids is 2. The number of rotatable bonds is 7. The maximum atomic E-state index is 14.1. The maximum absolute atomic E-state index is 14.1. The normalized spacial score (nSPS) is 26.3. The molecule has 2 aromatic carbocycles. The second-order valence-corrected chi connectivity index (χ2v) is 12.3. The molecule has 6 rings (SSSR count). The van der Waals surface area contributed by atoms with Crippen LogP contribution in [0.3, 0.4) is 0 Å². The van der Waals surface area contributed by atoms with E-state index in [0.29, 0.717) is 37.5 Å². The van der Waals surface area contributed by atoms with Gasteiger partial charge in [-0.2, -0.15) is 0 Å². The molecule has 4 heterocycles. The largest absolute Gasteiger partial charge is 0.497 e. The SMILES string of the molecule is COc1ccc(CN2C(=O)C3(CCNCC3)C[C@@H]2C[C@@H]2CN(C(=O)C3CCOCC3)C[C@@H]2c2ccccc2)cc1.Cl. The molecule has 2 aromatic rings. The molecule has 2 amide bonds. The van der Waals surface area contributed by atoms with Gasteiger partial charge in [0.15, 0.2) is 0 Å². The van der Waals surface area contributed by atoms with Crippen molar-refractivity contribution in [1.82, 2.24) is 15.1 Å². The molecule has 41 heavy (non-hydrogen) atoms. The van der Waals surface area contributed by atoms with Crippen LogP contribution in [0.15, 0.2) is 54.6 Å². The lowest BCUT2D eigenvalue weighted by Gasteiger charge is -2.32. The number of nitrogens with zero attached hydrogens (tertiary/aromatic N) is 2. The Labute approximate surface area is 250 Å². The lowest BCUT2D eigenvalue weighted by Crippen LogP contribution is -2.43. The summed E-state index contributed by atoms with van der Waals surface area (Å²) in [5.41, 5.74) is 2.17. The summed E-state index contributed by atoms with van der Waals surface area (Å²) in [6.45, 7) is 5.31. The van der Waals surface area contributed by atoms with Crippen molar-refractivity contribution >= 4 is 24.2 Å². The summed E-state index contributed by atoms with van der Waals surface area (Å²) in [7, 11) is 1.68. The van der Waals surface area contributed by atoms with Gasteiger partial charge in [-0.3, -0.25) is 9.59 Å². The van der Waals surface area contributed by atoms with Crippen molar-refractivity contribution in [2.75, 3.05) is 46.5 Å². The molecule has 4 aliphatic rings. The standard InChI is InChI=1S/C33H43N3O4.ClH/c1-39-29-9-7-24(8-10-29)21-36-28(20-33(32(36)38)13-15-34-16-14-33)19-27-22-35(31(37)26-11-17-40-18-12-26)23-30(27)25-5-3-2-4-6-25;/h2-10,26-28,30,34H,11-23H2,1H3;1H/t27-,28+,30-;/m1./s1. The number of amides is 2. The quantitative estimate of drug-likeness (QED) is 0.516. The first kappa shape index (κ1) is 29.9. The van der Waals surface area contributed by atoms with Crippen LogP contribution < -0.4 is 10.1 Å². The third-order valence-corrected chi connectivity index (χ3v) is 9.98. The van der Waals surface area contributed by atoms with E-state index in [-0.39, 0.29) is 35.7 Å². The fourth-order valence-corrected chi connectivity index (χ4v) is 7.70. The van der Waals surface area contributed by atoms with E-state index >= 15 is 0 Å². The van der Waals surface area contributed by atoms with Gasteiger partial charge in [0.1, 0.15) is 5.75 Å². The van der Waals surface area contributed by atoms with Gasteiger partial charge >= 0.3 is 0 Å². The third-order valence-electron chi connectivity index (χ3n) is 9.98. The van der Waals surface area contributed by atoms with Crippen LogP contribution in [-0.2, 0) is 20.9 Å². The number of halogens is 1. The van der Waals surface area contributed by atoms with Crippen LogP contribution in [0.1, 0.15) is 55.6 Å². The second-order valence-electron chi connectivity index (χ2n) is 12.3. The Morgan fingerprint density at radius 2 is 1.73 bits per heavy atom. The molecule has 0 bridgehead atoms. The summed E-state index contributed by atoms with van der Waals surface area (Å²) in [5.74, 6) is 2.11. The average Bonchev–Trinajstić information content (AvgIpc) is 3.53. The van der Waals surface area contributed by atoms with Crippen molar-refractivity contribution in [3.05, 3.63) is 65.7 Å². The summed E-state index contributed by atoms with van der Waals surface area (Å²) in [6.07, 6.45) is 5.29. The van der Waals surface area contributed by atoms with Crippen molar-refractivity contribution in [3.63, 3.8) is 0 Å². The van der Waals surface area contributed by atoms with Crippen LogP contribution in [0, 0.1) is 17.3 Å². The van der Waals surface area contributed by atoms with E-state index in [1.807, 2.05) is 12.1 Å². The third kappa shape index (κ3) is 6.27. The summed E-state index contributed by atoms with van der Waals surface area (Å²) >= 11 is 0. The molecule has 0 unspecified atom stereocenters. The van der Waals surface area contributed by atoms with E-state index in [1.165, 1.54) is 5.56 Å². The highest BCUT2D eigenvalue weighted by Gasteiger charge is 2.52. The topological polar surface area (TPSA) is 71.1 Å². The minimum absolute atomic E-state index is 0. The molecule has 0 aliphatic carbocycles. The summed E-state index contributed by atoms with van der Waals surface area (Å²) in [5, 5.41) is 3.46. The molecule has 4 aliphatic heterocycles. The number of likely N-dealkylation sites (tertiary alicyclic amines) is 2. The Morgan fingerprint density at radius 1 is 1.02 bits per heavy atom. The number of hydrogen-bond donors (Lipinski definition) is 1. The lowest BCUT2D eigenvalue weighted by atomic mass is 9.75. The van der Waals surface area contributed by atoms with E-state index in [1.54, 1.807) is 7.11 Å². The van der Waals surface area contributed by atoms with Gasteiger partial charge in [0.05, 0.1) is 12.5 Å². The zero-order chi connectivity index (χ0) is 27.5. The van der Waals surface area contributed by atoms with Gasteiger partial charge in [-0.1, -0.05) is 42.5 Å². The van der Waals surface area contributed by atoms with Gasteiger partial charge < -0.3 is 24.6 Å². The summed E-state index contributed by atoms with van der Waals surface area (Å²) < 4.78 is 10.9. The molecular weight excluding hydrogens is 538 g/mol. The van der Waals surface area contributed by atoms with Crippen molar-refractivity contribution in [2.24, 2.45) is 17.3 Å². The molecule has 222 valence electrons. The molecule has 0 radical (unpaired) electrons. The van der Waals surface area contributed by atoms with Gasteiger partial charge in [0.2, 0.25) is 11.8 Å². The zero-order valence-electron chi connectivity index (χ0n) is 24.1. The maximum Gasteiger partial charge on any atom is 0.229 e. The van der Waals surface area contributed by atoms with E-state index in [2.05, 4.69) is 57.6 Å². The number of hydrogen-bond acceptors (Lipinski definition) is 5. The van der Waals surface area contributed by atoms with E-state index in [9.17, 15) is 9.59 Å². The van der Waals surface area contributed by atoms with Gasteiger partial charge in [-0.15, -0.1) is 12.4 Å². The van der Waals surface area contributed by atoms with Gasteiger partial charge in [-0.05, 0) is 80.8 Å².